The molecule has 1 fully saturated rings. The van der Waals surface area contributed by atoms with E-state index in [-0.39, 0.29) is 24.0 Å². The number of pyridine rings is 1. The molecule has 0 radical (unpaired) electrons. The smallest absolute Gasteiger partial charge is 0.261 e. The zero-order chi connectivity index (χ0) is 20.5. The van der Waals surface area contributed by atoms with Gasteiger partial charge in [-0.25, -0.2) is 9.97 Å². The van der Waals surface area contributed by atoms with E-state index in [1.807, 2.05) is 48.5 Å². The first-order valence-electron chi connectivity index (χ1n) is 9.92. The third kappa shape index (κ3) is 3.50. The number of carbonyl (C=O) groups excluding carboxylic acids is 1. The zero-order valence-electron chi connectivity index (χ0n) is 16.3. The zero-order valence-corrected chi connectivity index (χ0v) is 16.3. The molecule has 0 atom stereocenters. The van der Waals surface area contributed by atoms with E-state index in [1.54, 1.807) is 17.0 Å². The molecule has 5 rings (SSSR count). The van der Waals surface area contributed by atoms with Gasteiger partial charge in [-0.05, 0) is 24.3 Å². The molecule has 0 N–H and O–H groups in total. The molecule has 1 aliphatic rings. The van der Waals surface area contributed by atoms with Crippen LogP contribution in [0.5, 0.6) is 5.88 Å². The number of fused-ring (bicyclic) bond motifs is 2. The molecule has 2 aromatic heterocycles. The highest BCUT2D eigenvalue weighted by atomic mass is 16.5. The number of rotatable bonds is 5. The second-order valence-electron chi connectivity index (χ2n) is 7.39. The van der Waals surface area contributed by atoms with Crippen molar-refractivity contribution in [3.63, 3.8) is 0 Å². The molecule has 1 saturated heterocycles. The highest BCUT2D eigenvalue weighted by Crippen LogP contribution is 2.20. The van der Waals surface area contributed by atoms with E-state index in [0.29, 0.717) is 36.4 Å². The number of nitrogens with zero attached hydrogens (tertiary/aromatic N) is 4. The van der Waals surface area contributed by atoms with Gasteiger partial charge >= 0.3 is 0 Å². The summed E-state index contributed by atoms with van der Waals surface area (Å²) in [6.45, 7) is 1.36. The molecule has 0 unspecified atom stereocenters. The van der Waals surface area contributed by atoms with Gasteiger partial charge in [0.15, 0.2) is 0 Å². The Hall–Kier alpha value is -3.74. The van der Waals surface area contributed by atoms with Gasteiger partial charge in [0, 0.05) is 24.4 Å². The Morgan fingerprint density at radius 1 is 1.00 bits per heavy atom. The molecular formula is C23H20N4O3. The molecule has 7 nitrogen and oxygen atoms in total. The Balaban J connectivity index is 1.16. The van der Waals surface area contributed by atoms with Crippen molar-refractivity contribution in [3.8, 4) is 5.88 Å². The fourth-order valence-electron chi connectivity index (χ4n) is 3.64. The number of ether oxygens (including phenoxy) is 1. The van der Waals surface area contributed by atoms with Crippen LogP contribution in [0, 0.1) is 0 Å². The van der Waals surface area contributed by atoms with Gasteiger partial charge in [-0.15, -0.1) is 0 Å². The van der Waals surface area contributed by atoms with E-state index in [9.17, 15) is 9.59 Å². The predicted octanol–water partition coefficient (Wildman–Crippen LogP) is 2.62. The fourth-order valence-corrected chi connectivity index (χ4v) is 3.64. The van der Waals surface area contributed by atoms with Crippen molar-refractivity contribution in [1.82, 2.24) is 19.4 Å². The van der Waals surface area contributed by atoms with Crippen molar-refractivity contribution in [1.29, 1.82) is 0 Å². The molecule has 3 heterocycles. The van der Waals surface area contributed by atoms with E-state index in [0.717, 1.165) is 10.9 Å². The Morgan fingerprint density at radius 3 is 2.63 bits per heavy atom. The lowest BCUT2D eigenvalue weighted by Crippen LogP contribution is -2.56. The Kier molecular flexibility index (Phi) is 4.63. The van der Waals surface area contributed by atoms with Crippen LogP contribution < -0.4 is 10.3 Å². The molecule has 0 aliphatic carbocycles. The topological polar surface area (TPSA) is 77.3 Å². The summed E-state index contributed by atoms with van der Waals surface area (Å²) in [7, 11) is 0. The lowest BCUT2D eigenvalue weighted by molar-refractivity contribution is -0.140. The molecule has 0 saturated carbocycles. The summed E-state index contributed by atoms with van der Waals surface area (Å²) in [6, 6.07) is 18.9. The summed E-state index contributed by atoms with van der Waals surface area (Å²) >= 11 is 0. The number of carbonyl (C=O) groups is 1. The van der Waals surface area contributed by atoms with Crippen molar-refractivity contribution in [3.05, 3.63) is 77.3 Å². The van der Waals surface area contributed by atoms with Crippen LogP contribution in [-0.2, 0) is 11.3 Å². The average molecular weight is 400 g/mol. The lowest BCUT2D eigenvalue weighted by atomic mass is 10.1. The maximum absolute atomic E-state index is 12.5. The number of benzene rings is 2. The van der Waals surface area contributed by atoms with Crippen molar-refractivity contribution in [2.75, 3.05) is 13.1 Å². The first kappa shape index (κ1) is 18.3. The van der Waals surface area contributed by atoms with Crippen LogP contribution in [0.25, 0.3) is 21.8 Å². The summed E-state index contributed by atoms with van der Waals surface area (Å²) in [5, 5.41) is 1.63. The number of aromatic nitrogens is 3. The maximum Gasteiger partial charge on any atom is 0.261 e. The first-order chi connectivity index (χ1) is 14.7. The van der Waals surface area contributed by atoms with Crippen molar-refractivity contribution in [2.24, 2.45) is 0 Å². The maximum atomic E-state index is 12.5. The fraction of sp³-hybridized carbons (Fsp3) is 0.217. The van der Waals surface area contributed by atoms with E-state index in [4.69, 9.17) is 4.74 Å². The normalized spacial score (nSPS) is 14.1. The molecule has 2 aromatic carbocycles. The average Bonchev–Trinajstić information content (AvgIpc) is 2.75. The number of hydrogen-bond acceptors (Lipinski definition) is 5. The van der Waals surface area contributed by atoms with Crippen LogP contribution in [0.4, 0.5) is 0 Å². The molecule has 150 valence electrons. The summed E-state index contributed by atoms with van der Waals surface area (Å²) < 4.78 is 7.39. The summed E-state index contributed by atoms with van der Waals surface area (Å²) in [4.78, 5) is 35.5. The van der Waals surface area contributed by atoms with Gasteiger partial charge in [-0.3, -0.25) is 14.2 Å². The molecule has 4 aromatic rings. The first-order valence-corrected chi connectivity index (χ1v) is 9.92. The van der Waals surface area contributed by atoms with Gasteiger partial charge in [0.2, 0.25) is 11.8 Å². The second-order valence-corrected chi connectivity index (χ2v) is 7.39. The minimum atomic E-state index is -0.124. The van der Waals surface area contributed by atoms with Crippen LogP contribution in [0.2, 0.25) is 0 Å². The minimum absolute atomic E-state index is 0.00128. The summed E-state index contributed by atoms with van der Waals surface area (Å²) in [5.74, 6) is 0.570. The molecule has 1 aliphatic heterocycles. The third-order valence-corrected chi connectivity index (χ3v) is 5.36. The second kappa shape index (κ2) is 7.59. The number of likely N-dealkylation sites (tertiary alicyclic amines) is 1. The van der Waals surface area contributed by atoms with Gasteiger partial charge < -0.3 is 9.64 Å². The van der Waals surface area contributed by atoms with Crippen LogP contribution in [-0.4, -0.2) is 44.5 Å². The van der Waals surface area contributed by atoms with Gasteiger partial charge in [0.1, 0.15) is 6.10 Å². The third-order valence-electron chi connectivity index (χ3n) is 5.36. The standard InChI is InChI=1S/C23H20N4O3/c28-22(11-12-26-15-24-20-8-4-2-6-18(20)23(26)29)27-13-17(14-27)30-21-10-9-16-5-1-3-7-19(16)25-21/h1-10,15,17H,11-14H2. The van der Waals surface area contributed by atoms with Crippen molar-refractivity contribution in [2.45, 2.75) is 19.1 Å². The van der Waals surface area contributed by atoms with E-state index < -0.39 is 0 Å². The SMILES string of the molecule is O=C(CCn1cnc2ccccc2c1=O)N1CC(Oc2ccc3ccccc3n2)C1. The molecule has 0 spiro atoms. The van der Waals surface area contributed by atoms with E-state index >= 15 is 0 Å². The van der Waals surface area contributed by atoms with E-state index in [1.165, 1.54) is 10.9 Å². The molecule has 7 heteroatoms. The van der Waals surface area contributed by atoms with Gasteiger partial charge in [-0.1, -0.05) is 30.3 Å². The lowest BCUT2D eigenvalue weighted by Gasteiger charge is -2.38. The summed E-state index contributed by atoms with van der Waals surface area (Å²) in [6.07, 6.45) is 1.69. The number of hydrogen-bond donors (Lipinski definition) is 0. The number of amides is 1. The monoisotopic (exact) mass is 400 g/mol. The number of aryl methyl sites for hydroxylation is 1. The van der Waals surface area contributed by atoms with Crippen molar-refractivity contribution < 1.29 is 9.53 Å². The highest BCUT2D eigenvalue weighted by Gasteiger charge is 2.32. The highest BCUT2D eigenvalue weighted by molar-refractivity contribution is 5.79. The van der Waals surface area contributed by atoms with Crippen LogP contribution in [0.1, 0.15) is 6.42 Å². The van der Waals surface area contributed by atoms with Gasteiger partial charge in [0.05, 0.1) is 35.8 Å². The van der Waals surface area contributed by atoms with Crippen LogP contribution in [0.3, 0.4) is 0 Å². The summed E-state index contributed by atoms with van der Waals surface area (Å²) in [5.41, 5.74) is 1.42. The molecule has 0 bridgehead atoms. The van der Waals surface area contributed by atoms with Crippen LogP contribution >= 0.6 is 0 Å². The molecular weight excluding hydrogens is 380 g/mol. The largest absolute Gasteiger partial charge is 0.471 e. The molecule has 1 amide bonds. The predicted molar refractivity (Wildman–Crippen MR) is 113 cm³/mol. The Bertz CT molecular complexity index is 1290. The van der Waals surface area contributed by atoms with Crippen LogP contribution in [0.15, 0.2) is 71.8 Å². The van der Waals surface area contributed by atoms with Gasteiger partial charge in [-0.2, -0.15) is 0 Å². The van der Waals surface area contributed by atoms with E-state index in [2.05, 4.69) is 9.97 Å². The van der Waals surface area contributed by atoms with Gasteiger partial charge in [0.25, 0.3) is 5.56 Å². The quantitative estimate of drug-likeness (QED) is 0.515. The Morgan fingerprint density at radius 2 is 1.77 bits per heavy atom. The molecule has 30 heavy (non-hydrogen) atoms. The number of para-hydroxylation sites is 2. The van der Waals surface area contributed by atoms with Crippen molar-refractivity contribution >= 4 is 27.7 Å². The minimum Gasteiger partial charge on any atom is -0.471 e. The Labute approximate surface area is 172 Å².